The Labute approximate surface area is 165 Å². The van der Waals surface area contributed by atoms with E-state index in [1.54, 1.807) is 0 Å². The summed E-state index contributed by atoms with van der Waals surface area (Å²) in [5.74, 6) is -0.879. The number of nitrogens with one attached hydrogen (secondary N) is 1. The number of methoxy groups -OCH3 is 1. The van der Waals surface area contributed by atoms with Gasteiger partial charge in [-0.3, -0.25) is 10.1 Å². The molecule has 1 aliphatic carbocycles. The highest BCUT2D eigenvalue weighted by atomic mass is 32.2. The molecule has 1 aromatic carbocycles. The summed E-state index contributed by atoms with van der Waals surface area (Å²) in [5, 5.41) is 20.8. The van der Waals surface area contributed by atoms with Gasteiger partial charge in [0.2, 0.25) is 10.0 Å². The van der Waals surface area contributed by atoms with E-state index < -0.39 is 26.6 Å². The number of hydrogen-bond acceptors (Lipinski definition) is 8. The van der Waals surface area contributed by atoms with Crippen molar-refractivity contribution in [2.75, 3.05) is 12.8 Å². The van der Waals surface area contributed by atoms with Crippen LogP contribution in [0.3, 0.4) is 0 Å². The van der Waals surface area contributed by atoms with Gasteiger partial charge in [0, 0.05) is 18.3 Å². The van der Waals surface area contributed by atoms with Gasteiger partial charge in [0.15, 0.2) is 5.69 Å². The molecule has 3 N–H and O–H groups in total. The van der Waals surface area contributed by atoms with Gasteiger partial charge in [-0.15, -0.1) is 0 Å². The summed E-state index contributed by atoms with van der Waals surface area (Å²) in [6.07, 6.45) is 2.58. The van der Waals surface area contributed by atoms with Crippen LogP contribution in [0.15, 0.2) is 23.2 Å². The van der Waals surface area contributed by atoms with Gasteiger partial charge in [0.05, 0.1) is 39.4 Å². The zero-order valence-electron chi connectivity index (χ0n) is 15.5. The average Bonchev–Trinajstić information content (AvgIpc) is 3.40. The van der Waals surface area contributed by atoms with Crippen molar-refractivity contribution in [1.29, 1.82) is 5.26 Å². The van der Waals surface area contributed by atoms with Crippen LogP contribution in [0, 0.1) is 28.4 Å². The minimum absolute atomic E-state index is 0.0176. The first-order chi connectivity index (χ1) is 13.6. The fourth-order valence-electron chi connectivity index (χ4n) is 2.85. The third-order valence-corrected chi connectivity index (χ3v) is 6.04. The molecule has 1 aliphatic rings. The number of carbonyl (C=O) groups is 1. The van der Waals surface area contributed by atoms with E-state index in [1.807, 2.05) is 6.07 Å². The number of anilines is 1. The van der Waals surface area contributed by atoms with Crippen LogP contribution in [0.25, 0.3) is 5.69 Å². The van der Waals surface area contributed by atoms with Gasteiger partial charge in [-0.05, 0) is 25.8 Å². The average molecular weight is 419 g/mol. The predicted octanol–water partition coefficient (Wildman–Crippen LogP) is 1.38. The number of nitro benzene ring substituents is 1. The SMILES string of the molecule is COC(=O)c1c(N)c(C#N)cn1-c1cc(S(=O)(=O)NC2CC2)cc([N+](=O)[O-])c1C. The molecule has 1 heterocycles. The van der Waals surface area contributed by atoms with E-state index in [4.69, 9.17) is 10.5 Å². The molecule has 12 heteroatoms. The van der Waals surface area contributed by atoms with Gasteiger partial charge in [-0.2, -0.15) is 5.26 Å². The molecular weight excluding hydrogens is 402 g/mol. The Bertz CT molecular complexity index is 1170. The lowest BCUT2D eigenvalue weighted by Crippen LogP contribution is -2.26. The Balaban J connectivity index is 2.31. The van der Waals surface area contributed by atoms with Crippen LogP contribution < -0.4 is 10.5 Å². The first kappa shape index (κ1) is 20.3. The fourth-order valence-corrected chi connectivity index (χ4v) is 4.19. The summed E-state index contributed by atoms with van der Waals surface area (Å²) in [7, 11) is -2.92. The van der Waals surface area contributed by atoms with Gasteiger partial charge in [-0.25, -0.2) is 17.9 Å². The third kappa shape index (κ3) is 3.65. The molecule has 2 aromatic rings. The number of hydrogen-bond donors (Lipinski definition) is 2. The van der Waals surface area contributed by atoms with Crippen molar-refractivity contribution in [1.82, 2.24) is 9.29 Å². The smallest absolute Gasteiger partial charge is 0.357 e. The number of nitro groups is 1. The number of nitrogens with two attached hydrogens (primary N) is 1. The fraction of sp³-hybridized carbons (Fsp3) is 0.294. The van der Waals surface area contributed by atoms with Crippen LogP contribution in [-0.4, -0.2) is 37.0 Å². The molecule has 0 amide bonds. The monoisotopic (exact) mass is 419 g/mol. The van der Waals surface area contributed by atoms with Crippen molar-refractivity contribution in [3.63, 3.8) is 0 Å². The summed E-state index contributed by atoms with van der Waals surface area (Å²) in [6, 6.07) is 3.77. The molecular formula is C17H17N5O6S. The lowest BCUT2D eigenvalue weighted by atomic mass is 10.1. The summed E-state index contributed by atoms with van der Waals surface area (Å²) >= 11 is 0. The Morgan fingerprint density at radius 1 is 1.45 bits per heavy atom. The quantitative estimate of drug-likeness (QED) is 0.401. The zero-order chi connectivity index (χ0) is 21.5. The maximum absolute atomic E-state index is 12.6. The van der Waals surface area contributed by atoms with Crippen molar-refractivity contribution in [2.45, 2.75) is 30.7 Å². The van der Waals surface area contributed by atoms with E-state index >= 15 is 0 Å². The number of ether oxygens (including phenoxy) is 1. The van der Waals surface area contributed by atoms with Crippen molar-refractivity contribution in [3.05, 3.63) is 45.3 Å². The van der Waals surface area contributed by atoms with Gasteiger partial charge in [-0.1, -0.05) is 0 Å². The standard InChI is InChI=1S/C17H17N5O6S/c1-9-13(21-8-10(7-18)15(19)16(21)17(23)28-2)5-12(6-14(9)22(24)25)29(26,27)20-11-3-4-11/h5-6,8,11,20H,3-4,19H2,1-2H3. The first-order valence-corrected chi connectivity index (χ1v) is 9.90. The van der Waals surface area contributed by atoms with Crippen LogP contribution >= 0.6 is 0 Å². The van der Waals surface area contributed by atoms with E-state index in [1.165, 1.54) is 19.2 Å². The van der Waals surface area contributed by atoms with Crippen LogP contribution in [0.4, 0.5) is 11.4 Å². The second-order valence-corrected chi connectivity index (χ2v) is 8.23. The van der Waals surface area contributed by atoms with Gasteiger partial charge in [0.25, 0.3) is 5.69 Å². The zero-order valence-corrected chi connectivity index (χ0v) is 16.3. The van der Waals surface area contributed by atoms with Crippen LogP contribution in [-0.2, 0) is 14.8 Å². The molecule has 29 heavy (non-hydrogen) atoms. The second kappa shape index (κ2) is 7.19. The highest BCUT2D eigenvalue weighted by Gasteiger charge is 2.31. The number of benzene rings is 1. The normalized spacial score (nSPS) is 13.7. The summed E-state index contributed by atoms with van der Waals surface area (Å²) < 4.78 is 33.6. The second-order valence-electron chi connectivity index (χ2n) is 6.52. The highest BCUT2D eigenvalue weighted by Crippen LogP contribution is 2.33. The first-order valence-electron chi connectivity index (χ1n) is 8.41. The Morgan fingerprint density at radius 2 is 2.10 bits per heavy atom. The van der Waals surface area contributed by atoms with Crippen LogP contribution in [0.2, 0.25) is 0 Å². The van der Waals surface area contributed by atoms with Crippen molar-refractivity contribution >= 4 is 27.4 Å². The minimum atomic E-state index is -4.03. The summed E-state index contributed by atoms with van der Waals surface area (Å²) in [4.78, 5) is 22.7. The number of carbonyl (C=O) groups excluding carboxylic acids is 1. The van der Waals surface area contributed by atoms with Gasteiger partial charge < -0.3 is 15.0 Å². The van der Waals surface area contributed by atoms with E-state index in [0.717, 1.165) is 17.7 Å². The number of nitriles is 1. The van der Waals surface area contributed by atoms with E-state index in [9.17, 15) is 28.6 Å². The lowest BCUT2D eigenvalue weighted by molar-refractivity contribution is -0.385. The number of nitrogens with zero attached hydrogens (tertiary/aromatic N) is 3. The molecule has 152 valence electrons. The van der Waals surface area contributed by atoms with Crippen molar-refractivity contribution < 1.29 is 22.9 Å². The van der Waals surface area contributed by atoms with E-state index in [-0.39, 0.29) is 39.1 Å². The van der Waals surface area contributed by atoms with E-state index in [0.29, 0.717) is 12.8 Å². The van der Waals surface area contributed by atoms with Gasteiger partial charge >= 0.3 is 5.97 Å². The van der Waals surface area contributed by atoms with E-state index in [2.05, 4.69) is 4.72 Å². The lowest BCUT2D eigenvalue weighted by Gasteiger charge is -2.14. The molecule has 1 saturated carbocycles. The molecule has 0 saturated heterocycles. The van der Waals surface area contributed by atoms with Gasteiger partial charge in [0.1, 0.15) is 6.07 Å². The Morgan fingerprint density at radius 3 is 2.62 bits per heavy atom. The number of nitrogen functional groups attached to an aromatic ring is 1. The molecule has 0 unspecified atom stereocenters. The molecule has 0 bridgehead atoms. The molecule has 3 rings (SSSR count). The molecule has 0 atom stereocenters. The van der Waals surface area contributed by atoms with Crippen molar-refractivity contribution in [2.24, 2.45) is 0 Å². The number of sulfonamides is 1. The summed E-state index contributed by atoms with van der Waals surface area (Å²) in [5.41, 5.74) is 5.05. The Hall–Kier alpha value is -3.43. The highest BCUT2D eigenvalue weighted by molar-refractivity contribution is 7.89. The topological polar surface area (TPSA) is 170 Å². The molecule has 11 nitrogen and oxygen atoms in total. The number of rotatable bonds is 6. The summed E-state index contributed by atoms with van der Waals surface area (Å²) in [6.45, 7) is 1.40. The maximum atomic E-state index is 12.6. The van der Waals surface area contributed by atoms with Crippen molar-refractivity contribution in [3.8, 4) is 11.8 Å². The maximum Gasteiger partial charge on any atom is 0.357 e. The predicted molar refractivity (Wildman–Crippen MR) is 101 cm³/mol. The minimum Gasteiger partial charge on any atom is -0.464 e. The molecule has 1 aromatic heterocycles. The van der Waals surface area contributed by atoms with Crippen LogP contribution in [0.5, 0.6) is 0 Å². The Kier molecular flexibility index (Phi) is 5.04. The third-order valence-electron chi connectivity index (χ3n) is 4.54. The molecule has 0 radical (unpaired) electrons. The largest absolute Gasteiger partial charge is 0.464 e. The number of aromatic nitrogens is 1. The molecule has 0 spiro atoms. The molecule has 1 fully saturated rings. The molecule has 0 aliphatic heterocycles. The van der Waals surface area contributed by atoms with Crippen LogP contribution in [0.1, 0.15) is 34.5 Å². The number of esters is 1.